The molecule has 0 saturated heterocycles. The van der Waals surface area contributed by atoms with Gasteiger partial charge in [0.15, 0.2) is 0 Å². The fourth-order valence-corrected chi connectivity index (χ4v) is 2.61. The Bertz CT molecular complexity index is 889. The van der Waals surface area contributed by atoms with Crippen molar-refractivity contribution >= 4 is 28.1 Å². The number of phenols is 1. The first-order chi connectivity index (χ1) is 11.6. The molecule has 0 aliphatic carbocycles. The standard InChI is InChI=1S/C18H14BrN3O2/c19-15-11-13(7-8-17(15)23)12-20-21-18(24)14-5-1-2-6-16(14)22-9-3-4-10-22/h1-12,23H,(H,21,24)/b20-12-. The Balaban J connectivity index is 1.76. The normalized spacial score (nSPS) is 10.9. The van der Waals surface area contributed by atoms with Crippen molar-refractivity contribution in [3.8, 4) is 11.4 Å². The summed E-state index contributed by atoms with van der Waals surface area (Å²) in [5, 5.41) is 13.4. The van der Waals surface area contributed by atoms with Gasteiger partial charge in [0.2, 0.25) is 0 Å². The number of para-hydroxylation sites is 1. The second-order valence-electron chi connectivity index (χ2n) is 5.02. The summed E-state index contributed by atoms with van der Waals surface area (Å²) in [7, 11) is 0. The predicted molar refractivity (Wildman–Crippen MR) is 96.6 cm³/mol. The number of hydrogen-bond donors (Lipinski definition) is 2. The number of hydrogen-bond acceptors (Lipinski definition) is 3. The lowest BCUT2D eigenvalue weighted by Gasteiger charge is -2.09. The maximum atomic E-state index is 12.4. The number of nitrogens with one attached hydrogen (secondary N) is 1. The number of benzene rings is 2. The third kappa shape index (κ3) is 3.55. The van der Waals surface area contributed by atoms with Gasteiger partial charge >= 0.3 is 0 Å². The Hall–Kier alpha value is -2.86. The largest absolute Gasteiger partial charge is 0.507 e. The molecule has 2 aromatic carbocycles. The smallest absolute Gasteiger partial charge is 0.273 e. The number of carbonyl (C=O) groups is 1. The SMILES string of the molecule is O=C(N/N=C\c1ccc(O)c(Br)c1)c1ccccc1-n1cccc1. The molecule has 1 heterocycles. The average molecular weight is 384 g/mol. The maximum Gasteiger partial charge on any atom is 0.273 e. The van der Waals surface area contributed by atoms with Crippen LogP contribution in [0.2, 0.25) is 0 Å². The topological polar surface area (TPSA) is 66.6 Å². The first-order valence-corrected chi connectivity index (χ1v) is 7.99. The molecule has 0 unspecified atom stereocenters. The lowest BCUT2D eigenvalue weighted by Crippen LogP contribution is -2.19. The van der Waals surface area contributed by atoms with Crippen LogP contribution in [0.15, 0.2) is 76.6 Å². The highest BCUT2D eigenvalue weighted by atomic mass is 79.9. The van der Waals surface area contributed by atoms with E-state index in [4.69, 9.17) is 0 Å². The van der Waals surface area contributed by atoms with Gasteiger partial charge in [-0.15, -0.1) is 0 Å². The molecule has 0 bridgehead atoms. The van der Waals surface area contributed by atoms with Crippen molar-refractivity contribution in [2.75, 3.05) is 0 Å². The van der Waals surface area contributed by atoms with Crippen molar-refractivity contribution in [3.05, 3.63) is 82.6 Å². The molecule has 2 N–H and O–H groups in total. The second kappa shape index (κ2) is 7.14. The summed E-state index contributed by atoms with van der Waals surface area (Å²) >= 11 is 3.23. The first-order valence-electron chi connectivity index (χ1n) is 7.19. The number of nitrogens with zero attached hydrogens (tertiary/aromatic N) is 2. The average Bonchev–Trinajstić information content (AvgIpc) is 3.12. The Kier molecular flexibility index (Phi) is 4.77. The minimum Gasteiger partial charge on any atom is -0.507 e. The van der Waals surface area contributed by atoms with Gasteiger partial charge in [0.25, 0.3) is 5.91 Å². The maximum absolute atomic E-state index is 12.4. The van der Waals surface area contributed by atoms with Crippen LogP contribution in [0.1, 0.15) is 15.9 Å². The Labute approximate surface area is 147 Å². The summed E-state index contributed by atoms with van der Waals surface area (Å²) in [6.45, 7) is 0. The monoisotopic (exact) mass is 383 g/mol. The van der Waals surface area contributed by atoms with Crippen LogP contribution in [0.3, 0.4) is 0 Å². The molecule has 5 nitrogen and oxygen atoms in total. The van der Waals surface area contributed by atoms with Crippen LogP contribution in [0, 0.1) is 0 Å². The van der Waals surface area contributed by atoms with Gasteiger partial charge in [0, 0.05) is 12.4 Å². The molecule has 0 radical (unpaired) electrons. The number of amides is 1. The molecule has 0 aliphatic heterocycles. The summed E-state index contributed by atoms with van der Waals surface area (Å²) in [6.07, 6.45) is 5.27. The van der Waals surface area contributed by atoms with Gasteiger partial charge < -0.3 is 9.67 Å². The zero-order valence-corrected chi connectivity index (χ0v) is 14.1. The molecule has 1 amide bonds. The lowest BCUT2D eigenvalue weighted by molar-refractivity contribution is 0.0955. The van der Waals surface area contributed by atoms with Crippen molar-refractivity contribution < 1.29 is 9.90 Å². The van der Waals surface area contributed by atoms with E-state index in [-0.39, 0.29) is 11.7 Å². The third-order valence-electron chi connectivity index (χ3n) is 3.38. The van der Waals surface area contributed by atoms with Gasteiger partial charge in [-0.3, -0.25) is 4.79 Å². The number of phenolic OH excluding ortho intramolecular Hbond substituents is 1. The fourth-order valence-electron chi connectivity index (χ4n) is 2.22. The predicted octanol–water partition coefficient (Wildman–Crippen LogP) is 3.71. The molecule has 0 atom stereocenters. The zero-order valence-electron chi connectivity index (χ0n) is 12.6. The van der Waals surface area contributed by atoms with Crippen molar-refractivity contribution in [3.63, 3.8) is 0 Å². The molecular weight excluding hydrogens is 370 g/mol. The molecule has 6 heteroatoms. The van der Waals surface area contributed by atoms with Crippen LogP contribution in [0.5, 0.6) is 5.75 Å². The van der Waals surface area contributed by atoms with E-state index in [1.54, 1.807) is 24.3 Å². The second-order valence-corrected chi connectivity index (χ2v) is 5.87. The van der Waals surface area contributed by atoms with E-state index in [1.807, 2.05) is 47.3 Å². The van der Waals surface area contributed by atoms with Crippen molar-refractivity contribution in [2.45, 2.75) is 0 Å². The van der Waals surface area contributed by atoms with Gasteiger partial charge in [-0.25, -0.2) is 5.43 Å². The van der Waals surface area contributed by atoms with Gasteiger partial charge in [-0.05, 0) is 64.0 Å². The molecule has 0 spiro atoms. The summed E-state index contributed by atoms with van der Waals surface area (Å²) in [5.74, 6) is -0.148. The number of halogens is 1. The quantitative estimate of drug-likeness (QED) is 0.532. The highest BCUT2D eigenvalue weighted by Gasteiger charge is 2.10. The van der Waals surface area contributed by atoms with E-state index < -0.39 is 0 Å². The van der Waals surface area contributed by atoms with E-state index >= 15 is 0 Å². The van der Waals surface area contributed by atoms with Crippen LogP contribution in [-0.2, 0) is 0 Å². The minimum atomic E-state index is -0.298. The highest BCUT2D eigenvalue weighted by molar-refractivity contribution is 9.10. The van der Waals surface area contributed by atoms with E-state index in [0.29, 0.717) is 10.0 Å². The third-order valence-corrected chi connectivity index (χ3v) is 4.02. The van der Waals surface area contributed by atoms with Crippen molar-refractivity contribution in [2.24, 2.45) is 5.10 Å². The van der Waals surface area contributed by atoms with E-state index in [2.05, 4.69) is 26.5 Å². The van der Waals surface area contributed by atoms with Crippen LogP contribution in [0.4, 0.5) is 0 Å². The van der Waals surface area contributed by atoms with Crippen molar-refractivity contribution in [1.29, 1.82) is 0 Å². The van der Waals surface area contributed by atoms with Crippen LogP contribution >= 0.6 is 15.9 Å². The van der Waals surface area contributed by atoms with Crippen LogP contribution < -0.4 is 5.43 Å². The number of aromatic hydroxyl groups is 1. The van der Waals surface area contributed by atoms with Crippen LogP contribution in [-0.4, -0.2) is 21.8 Å². The first kappa shape index (κ1) is 16.0. The molecular formula is C18H14BrN3O2. The van der Waals surface area contributed by atoms with Crippen molar-refractivity contribution in [1.82, 2.24) is 9.99 Å². The molecule has 0 aliphatic rings. The van der Waals surface area contributed by atoms with Gasteiger partial charge in [0.1, 0.15) is 5.75 Å². The Morgan fingerprint density at radius 2 is 1.88 bits per heavy atom. The lowest BCUT2D eigenvalue weighted by atomic mass is 10.1. The Morgan fingerprint density at radius 3 is 2.62 bits per heavy atom. The molecule has 3 rings (SSSR count). The summed E-state index contributed by atoms with van der Waals surface area (Å²) < 4.78 is 2.44. The minimum absolute atomic E-state index is 0.150. The van der Waals surface area contributed by atoms with E-state index in [1.165, 1.54) is 6.21 Å². The summed E-state index contributed by atoms with van der Waals surface area (Å²) in [5.41, 5.74) is 4.58. The van der Waals surface area contributed by atoms with Crippen LogP contribution in [0.25, 0.3) is 5.69 Å². The van der Waals surface area contributed by atoms with E-state index in [9.17, 15) is 9.90 Å². The van der Waals surface area contributed by atoms with Gasteiger partial charge in [0.05, 0.1) is 21.9 Å². The number of hydrazone groups is 1. The molecule has 120 valence electrons. The number of rotatable bonds is 4. The summed E-state index contributed by atoms with van der Waals surface area (Å²) in [4.78, 5) is 12.4. The number of aromatic nitrogens is 1. The van der Waals surface area contributed by atoms with Gasteiger partial charge in [-0.2, -0.15) is 5.10 Å². The van der Waals surface area contributed by atoms with E-state index in [0.717, 1.165) is 11.3 Å². The fraction of sp³-hybridized carbons (Fsp3) is 0. The molecule has 24 heavy (non-hydrogen) atoms. The molecule has 0 saturated carbocycles. The molecule has 0 fully saturated rings. The highest BCUT2D eigenvalue weighted by Crippen LogP contribution is 2.23. The Morgan fingerprint density at radius 1 is 1.12 bits per heavy atom. The molecule has 3 aromatic rings. The summed E-state index contributed by atoms with van der Waals surface area (Å²) in [6, 6.07) is 16.1. The number of carbonyl (C=O) groups excluding carboxylic acids is 1. The molecule has 1 aromatic heterocycles. The van der Waals surface area contributed by atoms with Gasteiger partial charge in [-0.1, -0.05) is 12.1 Å². The zero-order chi connectivity index (χ0) is 16.9.